The first kappa shape index (κ1) is 66.7. The minimum Gasteiger partial charge on any atom is -1.00 e. The van der Waals surface area contributed by atoms with Crippen LogP contribution in [-0.2, 0) is 22.4 Å². The summed E-state index contributed by atoms with van der Waals surface area (Å²) in [7, 11) is 1.99. The van der Waals surface area contributed by atoms with Crippen LogP contribution in [0.3, 0.4) is 0 Å². The van der Waals surface area contributed by atoms with Crippen LogP contribution >= 0.6 is 11.6 Å². The number of hydrogen-bond donors (Lipinski definition) is 2. The quantitative estimate of drug-likeness (QED) is 0.0477. The van der Waals surface area contributed by atoms with Crippen molar-refractivity contribution in [2.45, 2.75) is 27.1 Å². The molecule has 1 aliphatic rings. The number of nitrogens with zero attached hydrogens (tertiary/aromatic N) is 9. The molecule has 81 heavy (non-hydrogen) atoms. The predicted molar refractivity (Wildman–Crippen MR) is 310 cm³/mol. The Morgan fingerprint density at radius 3 is 1.42 bits per heavy atom. The van der Waals surface area contributed by atoms with E-state index in [-0.39, 0.29) is 118 Å². The summed E-state index contributed by atoms with van der Waals surface area (Å²) >= 11 is 5.59. The maximum absolute atomic E-state index is 9.13. The standard InChI is InChI=1S/C20H19N3O.C19H15N3O.C10H8O.C9H8ClN3.C2H3N.CH2O3.CH4.2K.H/c1-22-20(17-8-3-2-4-9-17)14-23(21-22)15-24-19-12-11-16-7-5-6-10-18(16)13-19;1-2-7-16(8-3-1)19-13-22(21-20-19)14-23-18-11-10-15-6-4-5-9-17(15)12-18;11-10-6-5-8-3-1-2-4-9(8)7-10;10-7-13-6-9(11-12-13)8-4-2-1-3-5-8;1-2-3;2-1-4-3;;;;/h2-14,21H,15H2,1H3;1-13H,14H2;1-7,11H;1-6H,7H2;1H3;1,3H;1H4;;;/q;;;;;;;2*+1;-1/p-1. The number of nitriles is 1. The summed E-state index contributed by atoms with van der Waals surface area (Å²) in [4.78, 5) is 11.2. The second-order valence-corrected chi connectivity index (χ2v) is 16.9. The zero-order valence-corrected chi connectivity index (χ0v) is 51.6. The maximum Gasteiger partial charge on any atom is 1.00 e. The molecule has 0 spiro atoms. The van der Waals surface area contributed by atoms with E-state index in [1.807, 2.05) is 181 Å². The topological polar surface area (TPSA) is 192 Å². The number of nitrogens with one attached hydrogen (secondary N) is 1. The van der Waals surface area contributed by atoms with Gasteiger partial charge >= 0.3 is 103 Å². The number of carbonyl (C=O) groups excluding carboxylic acids is 1. The van der Waals surface area contributed by atoms with Crippen LogP contribution in [0.5, 0.6) is 17.2 Å². The molecule has 9 aromatic carbocycles. The van der Waals surface area contributed by atoms with Crippen molar-refractivity contribution in [1.82, 2.24) is 45.5 Å². The monoisotopic (exact) mass is 1150 g/mol. The molecule has 0 saturated heterocycles. The van der Waals surface area contributed by atoms with E-state index in [2.05, 4.69) is 91.8 Å². The van der Waals surface area contributed by atoms with Crippen LogP contribution in [0.25, 0.3) is 60.5 Å². The third-order valence-electron chi connectivity index (χ3n) is 11.3. The number of hydrogen-bond acceptors (Lipinski definition) is 14. The number of rotatable bonds is 11. The molecule has 0 aliphatic carbocycles. The molecule has 2 N–H and O–H groups in total. The van der Waals surface area contributed by atoms with E-state index in [1.54, 1.807) is 27.6 Å². The summed E-state index contributed by atoms with van der Waals surface area (Å²) in [5.41, 5.74) is 9.32. The van der Waals surface area contributed by atoms with Gasteiger partial charge in [-0.15, -0.1) is 27.3 Å². The van der Waals surface area contributed by atoms with Gasteiger partial charge < -0.3 is 26.2 Å². The molecule has 0 fully saturated rings. The van der Waals surface area contributed by atoms with Crippen LogP contribution in [-0.4, -0.2) is 65.4 Å². The van der Waals surface area contributed by atoms with Gasteiger partial charge in [0, 0.05) is 36.9 Å². The molecule has 1 aliphatic heterocycles. The van der Waals surface area contributed by atoms with Crippen LogP contribution < -0.4 is 123 Å². The Morgan fingerprint density at radius 2 is 0.975 bits per heavy atom. The maximum atomic E-state index is 9.13. The van der Waals surface area contributed by atoms with Gasteiger partial charge in [0.1, 0.15) is 34.6 Å². The number of carbonyl (C=O) groups is 1. The Balaban J connectivity index is 0.000000282. The SMILES string of the molecule is C.CC#N.CN1NN(COc2ccc3ccccc3c2)C=C1c1ccccc1.ClCn1cc(-c2ccccc2)nn1.O=CO[O-].Oc1ccc2ccccc2c1.[H-].[K+].[K+].c1ccc(-c2cn(COc3ccc4ccccc4c3)nn2)cc1. The summed E-state index contributed by atoms with van der Waals surface area (Å²) < 4.78 is 15.0. The summed E-state index contributed by atoms with van der Waals surface area (Å²) in [6, 6.07) is 74.3. The number of hydrazine groups is 2. The molecule has 0 radical (unpaired) electrons. The third-order valence-corrected chi connectivity index (χ3v) is 11.5. The number of benzene rings is 9. The average molecular weight is 1150 g/mol. The van der Waals surface area contributed by atoms with E-state index < -0.39 is 0 Å². The van der Waals surface area contributed by atoms with Crippen LogP contribution in [0.2, 0.25) is 0 Å². The van der Waals surface area contributed by atoms with E-state index in [0.717, 1.165) is 55.9 Å². The minimum absolute atomic E-state index is 0. The van der Waals surface area contributed by atoms with Gasteiger partial charge in [0.05, 0.1) is 24.2 Å². The molecule has 3 heterocycles. The van der Waals surface area contributed by atoms with Gasteiger partial charge in [-0.3, -0.25) is 14.8 Å². The Bertz CT molecular complexity index is 3670. The molecule has 11 aromatic rings. The first-order chi connectivity index (χ1) is 38.3. The van der Waals surface area contributed by atoms with Crippen molar-refractivity contribution in [2.75, 3.05) is 13.8 Å². The number of phenols is 1. The first-order valence-corrected chi connectivity index (χ1v) is 24.8. The summed E-state index contributed by atoms with van der Waals surface area (Å²) in [6.45, 7) is 2.01. The Morgan fingerprint density at radius 1 is 0.593 bits per heavy atom. The van der Waals surface area contributed by atoms with Crippen molar-refractivity contribution >= 4 is 56.1 Å². The van der Waals surface area contributed by atoms with Gasteiger partial charge in [-0.25, -0.2) is 9.36 Å². The number of alkyl halides is 1. The van der Waals surface area contributed by atoms with Crippen molar-refractivity contribution in [3.05, 3.63) is 243 Å². The van der Waals surface area contributed by atoms with E-state index >= 15 is 0 Å². The van der Waals surface area contributed by atoms with E-state index in [1.165, 1.54) is 28.6 Å². The van der Waals surface area contributed by atoms with Crippen LogP contribution in [0.15, 0.2) is 237 Å². The van der Waals surface area contributed by atoms with Crippen LogP contribution in [0.1, 0.15) is 21.3 Å². The predicted octanol–water partition coefficient (Wildman–Crippen LogP) is 6.38. The van der Waals surface area contributed by atoms with Crippen LogP contribution in [0, 0.1) is 11.3 Å². The fourth-order valence-corrected chi connectivity index (χ4v) is 7.75. The van der Waals surface area contributed by atoms with E-state index in [9.17, 15) is 0 Å². The summed E-state index contributed by atoms with van der Waals surface area (Å²) in [6.07, 6.45) is 5.76. The first-order valence-electron chi connectivity index (χ1n) is 24.2. The molecular weight excluding hydrogens is 1090 g/mol. The van der Waals surface area contributed by atoms with Crippen molar-refractivity contribution in [2.24, 2.45) is 0 Å². The van der Waals surface area contributed by atoms with Crippen molar-refractivity contribution in [1.29, 1.82) is 5.26 Å². The van der Waals surface area contributed by atoms with E-state index in [0.29, 0.717) is 25.2 Å². The fraction of sp³-hybridized carbons (Fsp3) is 0.0968. The molecule has 402 valence electrons. The number of fused-ring (bicyclic) bond motifs is 3. The molecule has 0 amide bonds. The zero-order chi connectivity index (χ0) is 54.7. The van der Waals surface area contributed by atoms with E-state index in [4.69, 9.17) is 41.5 Å². The van der Waals surface area contributed by atoms with Gasteiger partial charge in [0.15, 0.2) is 13.5 Å². The second kappa shape index (κ2) is 36.6. The third kappa shape index (κ3) is 21.2. The molecule has 0 saturated carbocycles. The van der Waals surface area contributed by atoms with Gasteiger partial charge in [0.2, 0.25) is 0 Å². The molecular formula is C62H59ClK2N10O6. The molecule has 0 atom stereocenters. The summed E-state index contributed by atoms with van der Waals surface area (Å²) in [5, 5.41) is 51.9. The van der Waals surface area contributed by atoms with Crippen molar-refractivity contribution in [3.8, 4) is 45.8 Å². The Labute approximate surface area is 563 Å². The fourth-order valence-electron chi connectivity index (χ4n) is 7.63. The molecule has 12 rings (SSSR count). The second-order valence-electron chi connectivity index (χ2n) is 16.7. The molecule has 2 aromatic heterocycles. The smallest absolute Gasteiger partial charge is 1.00 e. The number of aromatic nitrogens is 6. The minimum atomic E-state index is -0.181. The number of halogens is 1. The van der Waals surface area contributed by atoms with Gasteiger partial charge in [-0.2, -0.15) is 5.26 Å². The van der Waals surface area contributed by atoms with Crippen molar-refractivity contribution in [3.63, 3.8) is 0 Å². The number of aromatic hydroxyl groups is 1. The number of ether oxygens (including phenoxy) is 2. The molecule has 19 heteroatoms. The van der Waals surface area contributed by atoms with Gasteiger partial charge in [-0.05, 0) is 68.7 Å². The molecule has 0 bridgehead atoms. The molecule has 0 unspecified atom stereocenters. The zero-order valence-electron chi connectivity index (χ0n) is 45.6. The van der Waals surface area contributed by atoms with Gasteiger partial charge in [0.25, 0.3) is 6.47 Å². The largest absolute Gasteiger partial charge is 1.00 e. The van der Waals surface area contributed by atoms with Crippen molar-refractivity contribution < 1.29 is 134 Å². The average Bonchev–Trinajstić information content (AvgIpc) is 4.30. The normalized spacial score (nSPS) is 10.6. The Kier molecular flexibility index (Phi) is 30.1. The summed E-state index contributed by atoms with van der Waals surface area (Å²) in [5.74, 6) is 2.00. The number of phenolic OH excluding ortho intramolecular Hbond substituents is 1. The van der Waals surface area contributed by atoms with Gasteiger partial charge in [-0.1, -0.05) is 200 Å². The Hall–Kier alpha value is -6.78. The molecule has 16 nitrogen and oxygen atoms in total. The van der Waals surface area contributed by atoms with Crippen LogP contribution in [0.4, 0.5) is 0 Å².